The molecule has 0 unspecified atom stereocenters. The summed E-state index contributed by atoms with van der Waals surface area (Å²) in [4.78, 5) is 30.0. The van der Waals surface area contributed by atoms with Gasteiger partial charge >= 0.3 is 0 Å². The molecule has 0 N–H and O–H groups in total. The second kappa shape index (κ2) is 8.64. The minimum Gasteiger partial charge on any atom is -0.381 e. The van der Waals surface area contributed by atoms with E-state index in [0.29, 0.717) is 38.0 Å². The number of rotatable bonds is 6. The van der Waals surface area contributed by atoms with E-state index >= 15 is 0 Å². The van der Waals surface area contributed by atoms with Crippen LogP contribution in [0.2, 0.25) is 0 Å². The second-order valence-corrected chi connectivity index (χ2v) is 6.91. The average molecular weight is 325 g/mol. The number of nitrogens with zero attached hydrogens (tertiary/aromatic N) is 3. The lowest BCUT2D eigenvalue weighted by Crippen LogP contribution is -2.38. The quantitative estimate of drug-likeness (QED) is 0.674. The second-order valence-electron chi connectivity index (χ2n) is 6.91. The number of carbonyl (C=O) groups is 2. The van der Waals surface area contributed by atoms with E-state index in [2.05, 4.69) is 4.90 Å². The van der Waals surface area contributed by atoms with Gasteiger partial charge in [0.1, 0.15) is 0 Å². The first-order valence-corrected chi connectivity index (χ1v) is 8.79. The molecule has 132 valence electrons. The maximum Gasteiger partial charge on any atom is 0.236 e. The lowest BCUT2D eigenvalue weighted by Gasteiger charge is -2.23. The highest BCUT2D eigenvalue weighted by Gasteiger charge is 2.36. The van der Waals surface area contributed by atoms with Gasteiger partial charge in [-0.1, -0.05) is 0 Å². The summed E-state index contributed by atoms with van der Waals surface area (Å²) >= 11 is 0. The number of hydrogen-bond donors (Lipinski definition) is 0. The zero-order chi connectivity index (χ0) is 16.8. The molecule has 2 aliphatic heterocycles. The highest BCUT2D eigenvalue weighted by atomic mass is 16.5. The number of likely N-dealkylation sites (tertiary alicyclic amines) is 2. The number of ether oxygens (including phenoxy) is 1. The third-order valence-corrected chi connectivity index (χ3v) is 5.08. The SMILES string of the molecule is CCOCCC(=O)N1C[C@H]2CCN(CC(=O)N(C)C)CC[C@H]2C1. The molecule has 0 radical (unpaired) electrons. The van der Waals surface area contributed by atoms with Gasteiger partial charge in [0.05, 0.1) is 19.6 Å². The van der Waals surface area contributed by atoms with Gasteiger partial charge < -0.3 is 14.5 Å². The predicted molar refractivity (Wildman–Crippen MR) is 89.0 cm³/mol. The zero-order valence-corrected chi connectivity index (χ0v) is 14.8. The van der Waals surface area contributed by atoms with Gasteiger partial charge in [-0.05, 0) is 44.7 Å². The van der Waals surface area contributed by atoms with Crippen LogP contribution >= 0.6 is 0 Å². The van der Waals surface area contributed by atoms with Crippen LogP contribution in [0.4, 0.5) is 0 Å². The maximum absolute atomic E-state index is 12.2. The van der Waals surface area contributed by atoms with Crippen molar-refractivity contribution in [3.8, 4) is 0 Å². The van der Waals surface area contributed by atoms with Gasteiger partial charge in [-0.2, -0.15) is 0 Å². The molecule has 0 aromatic carbocycles. The van der Waals surface area contributed by atoms with Crippen LogP contribution in [0.1, 0.15) is 26.2 Å². The van der Waals surface area contributed by atoms with E-state index in [1.807, 2.05) is 11.8 Å². The van der Waals surface area contributed by atoms with Crippen LogP contribution in [0.5, 0.6) is 0 Å². The Hall–Kier alpha value is -1.14. The van der Waals surface area contributed by atoms with Crippen LogP contribution in [0, 0.1) is 11.8 Å². The van der Waals surface area contributed by atoms with Crippen LogP contribution in [0.15, 0.2) is 0 Å². The first kappa shape index (κ1) is 18.2. The van der Waals surface area contributed by atoms with Gasteiger partial charge in [0.25, 0.3) is 0 Å². The standard InChI is InChI=1S/C17H31N3O3/c1-4-23-10-7-16(21)20-11-14-5-8-19(9-6-15(14)12-20)13-17(22)18(2)3/h14-15H,4-13H2,1-3H3/t14-,15+. The summed E-state index contributed by atoms with van der Waals surface area (Å²) in [5.74, 6) is 1.58. The molecule has 0 aliphatic carbocycles. The molecular weight excluding hydrogens is 294 g/mol. The van der Waals surface area contributed by atoms with Gasteiger partial charge in [-0.15, -0.1) is 0 Å². The Kier molecular flexibility index (Phi) is 6.84. The summed E-state index contributed by atoms with van der Waals surface area (Å²) in [6.07, 6.45) is 2.66. The van der Waals surface area contributed by atoms with Crippen molar-refractivity contribution in [2.75, 3.05) is 60.0 Å². The molecule has 2 rings (SSSR count). The van der Waals surface area contributed by atoms with Gasteiger partial charge in [0.15, 0.2) is 0 Å². The van der Waals surface area contributed by atoms with Crippen molar-refractivity contribution < 1.29 is 14.3 Å². The fourth-order valence-corrected chi connectivity index (χ4v) is 3.56. The van der Waals surface area contributed by atoms with E-state index in [9.17, 15) is 9.59 Å². The molecule has 2 saturated heterocycles. The zero-order valence-electron chi connectivity index (χ0n) is 14.8. The summed E-state index contributed by atoms with van der Waals surface area (Å²) in [6, 6.07) is 0. The summed E-state index contributed by atoms with van der Waals surface area (Å²) in [6.45, 7) is 7.34. The molecular formula is C17H31N3O3. The Labute approximate surface area is 139 Å². The van der Waals surface area contributed by atoms with Crippen LogP contribution in [0.25, 0.3) is 0 Å². The Balaban J connectivity index is 1.78. The number of carbonyl (C=O) groups excluding carboxylic acids is 2. The molecule has 6 heteroatoms. The van der Waals surface area contributed by atoms with E-state index in [0.717, 1.165) is 39.0 Å². The summed E-state index contributed by atoms with van der Waals surface area (Å²) in [5.41, 5.74) is 0. The molecule has 2 fully saturated rings. The van der Waals surface area contributed by atoms with Crippen molar-refractivity contribution in [1.29, 1.82) is 0 Å². The lowest BCUT2D eigenvalue weighted by atomic mass is 9.92. The van der Waals surface area contributed by atoms with E-state index in [1.54, 1.807) is 19.0 Å². The molecule has 0 saturated carbocycles. The van der Waals surface area contributed by atoms with Gasteiger partial charge in [-0.25, -0.2) is 0 Å². The van der Waals surface area contributed by atoms with Crippen LogP contribution in [-0.4, -0.2) is 86.5 Å². The molecule has 2 aliphatic rings. The van der Waals surface area contributed by atoms with Crippen LogP contribution in [-0.2, 0) is 14.3 Å². The number of hydrogen-bond acceptors (Lipinski definition) is 4. The Morgan fingerprint density at radius 3 is 2.26 bits per heavy atom. The van der Waals surface area contributed by atoms with Crippen molar-refractivity contribution >= 4 is 11.8 Å². The Morgan fingerprint density at radius 2 is 1.74 bits per heavy atom. The molecule has 6 nitrogen and oxygen atoms in total. The normalized spacial score (nSPS) is 25.1. The maximum atomic E-state index is 12.2. The lowest BCUT2D eigenvalue weighted by molar-refractivity contribution is -0.131. The Bertz CT molecular complexity index is 398. The Morgan fingerprint density at radius 1 is 1.13 bits per heavy atom. The molecule has 0 spiro atoms. The van der Waals surface area contributed by atoms with E-state index in [4.69, 9.17) is 4.74 Å². The first-order valence-electron chi connectivity index (χ1n) is 8.79. The summed E-state index contributed by atoms with van der Waals surface area (Å²) < 4.78 is 5.28. The van der Waals surface area contributed by atoms with E-state index in [-0.39, 0.29) is 11.8 Å². The van der Waals surface area contributed by atoms with Gasteiger partial charge in [-0.3, -0.25) is 14.5 Å². The van der Waals surface area contributed by atoms with Gasteiger partial charge in [0, 0.05) is 33.8 Å². The van der Waals surface area contributed by atoms with Crippen molar-refractivity contribution in [1.82, 2.24) is 14.7 Å². The third kappa shape index (κ3) is 5.18. The fraction of sp³-hybridized carbons (Fsp3) is 0.882. The number of likely N-dealkylation sites (N-methyl/N-ethyl adjacent to an activating group) is 1. The average Bonchev–Trinajstić information content (AvgIpc) is 2.84. The van der Waals surface area contributed by atoms with Crippen molar-refractivity contribution in [3.05, 3.63) is 0 Å². The topological polar surface area (TPSA) is 53.1 Å². The van der Waals surface area contributed by atoms with Crippen LogP contribution < -0.4 is 0 Å². The number of amides is 2. The molecule has 2 heterocycles. The monoisotopic (exact) mass is 325 g/mol. The fourth-order valence-electron chi connectivity index (χ4n) is 3.56. The predicted octanol–water partition coefficient (Wildman–Crippen LogP) is 0.672. The third-order valence-electron chi connectivity index (χ3n) is 5.08. The van der Waals surface area contributed by atoms with Crippen molar-refractivity contribution in [3.63, 3.8) is 0 Å². The van der Waals surface area contributed by atoms with Crippen molar-refractivity contribution in [2.24, 2.45) is 11.8 Å². The minimum atomic E-state index is 0.171. The number of fused-ring (bicyclic) bond motifs is 1. The van der Waals surface area contributed by atoms with Gasteiger partial charge in [0.2, 0.25) is 11.8 Å². The van der Waals surface area contributed by atoms with E-state index < -0.39 is 0 Å². The highest BCUT2D eigenvalue weighted by molar-refractivity contribution is 5.77. The van der Waals surface area contributed by atoms with Crippen LogP contribution in [0.3, 0.4) is 0 Å². The minimum absolute atomic E-state index is 0.171. The summed E-state index contributed by atoms with van der Waals surface area (Å²) in [5, 5.41) is 0. The summed E-state index contributed by atoms with van der Waals surface area (Å²) in [7, 11) is 3.61. The molecule has 2 atom stereocenters. The first-order chi connectivity index (χ1) is 11.0. The molecule has 23 heavy (non-hydrogen) atoms. The highest BCUT2D eigenvalue weighted by Crippen LogP contribution is 2.32. The smallest absolute Gasteiger partial charge is 0.236 e. The molecule has 0 aromatic rings. The van der Waals surface area contributed by atoms with E-state index in [1.165, 1.54) is 0 Å². The van der Waals surface area contributed by atoms with Crippen molar-refractivity contribution in [2.45, 2.75) is 26.2 Å². The molecule has 2 amide bonds. The molecule has 0 bridgehead atoms. The molecule has 0 aromatic heterocycles. The largest absolute Gasteiger partial charge is 0.381 e.